The second-order valence-electron chi connectivity index (χ2n) is 4.88. The Bertz CT molecular complexity index is 378. The third-order valence-electron chi connectivity index (χ3n) is 3.59. The fourth-order valence-corrected chi connectivity index (χ4v) is 2.21. The minimum atomic E-state index is -4.25. The van der Waals surface area contributed by atoms with Crippen molar-refractivity contribution in [2.45, 2.75) is 32.9 Å². The Morgan fingerprint density at radius 2 is 1.72 bits per heavy atom. The molecule has 0 saturated carbocycles. The topological polar surface area (TPSA) is 0 Å². The van der Waals surface area contributed by atoms with Gasteiger partial charge in [0.25, 0.3) is 0 Å². The summed E-state index contributed by atoms with van der Waals surface area (Å²) in [5, 5.41) is 0. The van der Waals surface area contributed by atoms with Crippen LogP contribution in [-0.2, 0) is 6.42 Å². The van der Waals surface area contributed by atoms with Crippen LogP contribution >= 0.6 is 0 Å². The molecule has 0 aliphatic rings. The van der Waals surface area contributed by atoms with Crippen LogP contribution in [0.15, 0.2) is 43.0 Å². The zero-order valence-corrected chi connectivity index (χ0v) is 10.8. The number of allylic oxidation sites excluding steroid dienone is 1. The largest absolute Gasteiger partial charge is 0.398 e. The van der Waals surface area contributed by atoms with Gasteiger partial charge in [-0.3, -0.25) is 0 Å². The molecule has 0 spiro atoms. The van der Waals surface area contributed by atoms with E-state index in [0.717, 1.165) is 11.6 Å². The van der Waals surface area contributed by atoms with Gasteiger partial charge in [0.1, 0.15) is 0 Å². The Morgan fingerprint density at radius 1 is 1.17 bits per heavy atom. The van der Waals surface area contributed by atoms with Crippen LogP contribution in [0.3, 0.4) is 0 Å². The molecule has 1 rings (SSSR count). The Labute approximate surface area is 107 Å². The van der Waals surface area contributed by atoms with E-state index in [4.69, 9.17) is 0 Å². The number of aryl methyl sites for hydroxylation is 1. The SMILES string of the molecule is C=CC(CCc1ccccc1)(C(C)C)C(F)(F)F. The summed E-state index contributed by atoms with van der Waals surface area (Å²) in [6.45, 7) is 6.61. The lowest BCUT2D eigenvalue weighted by Gasteiger charge is -2.36. The van der Waals surface area contributed by atoms with E-state index in [0.29, 0.717) is 6.42 Å². The van der Waals surface area contributed by atoms with Crippen molar-refractivity contribution in [1.82, 2.24) is 0 Å². The molecule has 1 aromatic rings. The van der Waals surface area contributed by atoms with E-state index in [-0.39, 0.29) is 6.42 Å². The second-order valence-corrected chi connectivity index (χ2v) is 4.88. The third kappa shape index (κ3) is 2.95. The summed E-state index contributed by atoms with van der Waals surface area (Å²) in [7, 11) is 0. The molecule has 0 N–H and O–H groups in total. The van der Waals surface area contributed by atoms with Gasteiger partial charge in [-0.2, -0.15) is 13.2 Å². The van der Waals surface area contributed by atoms with Crippen LogP contribution in [0.5, 0.6) is 0 Å². The first-order valence-electron chi connectivity index (χ1n) is 6.08. The van der Waals surface area contributed by atoms with Crippen molar-refractivity contribution in [3.63, 3.8) is 0 Å². The zero-order valence-electron chi connectivity index (χ0n) is 10.8. The minimum Gasteiger partial charge on any atom is -0.170 e. The van der Waals surface area contributed by atoms with Crippen molar-refractivity contribution >= 4 is 0 Å². The number of alkyl halides is 3. The molecule has 1 unspecified atom stereocenters. The molecule has 0 radical (unpaired) electrons. The van der Waals surface area contributed by atoms with Gasteiger partial charge >= 0.3 is 6.18 Å². The fourth-order valence-electron chi connectivity index (χ4n) is 2.21. The summed E-state index contributed by atoms with van der Waals surface area (Å²) in [6, 6.07) is 9.24. The quantitative estimate of drug-likeness (QED) is 0.650. The van der Waals surface area contributed by atoms with Crippen molar-refractivity contribution in [2.24, 2.45) is 11.3 Å². The standard InChI is InChI=1S/C15H19F3/c1-4-14(12(2)3,15(16,17)18)11-10-13-8-6-5-7-9-13/h4-9,12H,1,10-11H2,2-3H3. The Hall–Kier alpha value is -1.25. The van der Waals surface area contributed by atoms with Crippen molar-refractivity contribution in [3.8, 4) is 0 Å². The summed E-state index contributed by atoms with van der Waals surface area (Å²) >= 11 is 0. The van der Waals surface area contributed by atoms with E-state index >= 15 is 0 Å². The summed E-state index contributed by atoms with van der Waals surface area (Å²) in [6.07, 6.45) is -2.73. The fraction of sp³-hybridized carbons (Fsp3) is 0.467. The number of halogens is 3. The summed E-state index contributed by atoms with van der Waals surface area (Å²) in [5.74, 6) is -0.515. The predicted octanol–water partition coefficient (Wildman–Crippen LogP) is 5.01. The van der Waals surface area contributed by atoms with E-state index in [9.17, 15) is 13.2 Å². The van der Waals surface area contributed by atoms with Crippen LogP contribution in [0.4, 0.5) is 13.2 Å². The maximum atomic E-state index is 13.3. The molecule has 0 aliphatic heterocycles. The van der Waals surface area contributed by atoms with E-state index in [1.54, 1.807) is 13.8 Å². The monoisotopic (exact) mass is 256 g/mol. The van der Waals surface area contributed by atoms with Gasteiger partial charge in [-0.25, -0.2) is 0 Å². The molecule has 1 atom stereocenters. The zero-order chi connectivity index (χ0) is 13.8. The molecule has 18 heavy (non-hydrogen) atoms. The van der Waals surface area contributed by atoms with Gasteiger partial charge in [0.2, 0.25) is 0 Å². The smallest absolute Gasteiger partial charge is 0.170 e. The molecular formula is C15H19F3. The minimum absolute atomic E-state index is 0.0433. The molecule has 0 aromatic heterocycles. The number of benzene rings is 1. The highest BCUT2D eigenvalue weighted by molar-refractivity contribution is 5.16. The van der Waals surface area contributed by atoms with Crippen molar-refractivity contribution in [1.29, 1.82) is 0 Å². The predicted molar refractivity (Wildman–Crippen MR) is 68.3 cm³/mol. The molecule has 0 bridgehead atoms. The molecule has 0 heterocycles. The normalized spacial score (nSPS) is 15.4. The van der Waals surface area contributed by atoms with E-state index < -0.39 is 17.5 Å². The van der Waals surface area contributed by atoms with Gasteiger partial charge < -0.3 is 0 Å². The van der Waals surface area contributed by atoms with Crippen LogP contribution in [0.1, 0.15) is 25.8 Å². The molecule has 0 saturated heterocycles. The maximum absolute atomic E-state index is 13.3. The van der Waals surface area contributed by atoms with Gasteiger partial charge in [-0.1, -0.05) is 50.3 Å². The average molecular weight is 256 g/mol. The summed E-state index contributed by atoms with van der Waals surface area (Å²) < 4.78 is 39.8. The van der Waals surface area contributed by atoms with Crippen molar-refractivity contribution < 1.29 is 13.2 Å². The highest BCUT2D eigenvalue weighted by Crippen LogP contribution is 2.48. The Morgan fingerprint density at radius 3 is 2.11 bits per heavy atom. The summed E-state index contributed by atoms with van der Waals surface area (Å²) in [4.78, 5) is 0. The van der Waals surface area contributed by atoms with E-state index in [1.165, 1.54) is 0 Å². The first-order chi connectivity index (χ1) is 8.33. The third-order valence-corrected chi connectivity index (χ3v) is 3.59. The second kappa shape index (κ2) is 5.59. The lowest BCUT2D eigenvalue weighted by atomic mass is 9.72. The highest BCUT2D eigenvalue weighted by atomic mass is 19.4. The lowest BCUT2D eigenvalue weighted by molar-refractivity contribution is -0.222. The molecule has 100 valence electrons. The number of hydrogen-bond donors (Lipinski definition) is 0. The van der Waals surface area contributed by atoms with Gasteiger partial charge in [-0.05, 0) is 24.3 Å². The van der Waals surface area contributed by atoms with Crippen molar-refractivity contribution in [2.75, 3.05) is 0 Å². The summed E-state index contributed by atoms with van der Waals surface area (Å²) in [5.41, 5.74) is -0.878. The lowest BCUT2D eigenvalue weighted by Crippen LogP contribution is -2.41. The van der Waals surface area contributed by atoms with E-state index in [1.807, 2.05) is 30.3 Å². The van der Waals surface area contributed by atoms with Gasteiger partial charge in [0.05, 0.1) is 5.41 Å². The molecule has 1 aromatic carbocycles. The van der Waals surface area contributed by atoms with Gasteiger partial charge in [-0.15, -0.1) is 6.58 Å². The van der Waals surface area contributed by atoms with Crippen LogP contribution in [0.25, 0.3) is 0 Å². The molecule has 3 heteroatoms. The molecule has 0 nitrogen and oxygen atoms in total. The molecule has 0 fully saturated rings. The maximum Gasteiger partial charge on any atom is 0.398 e. The van der Waals surface area contributed by atoms with Crippen molar-refractivity contribution in [3.05, 3.63) is 48.6 Å². The number of rotatable bonds is 5. The van der Waals surface area contributed by atoms with Crippen LogP contribution in [0, 0.1) is 11.3 Å². The van der Waals surface area contributed by atoms with E-state index in [2.05, 4.69) is 6.58 Å². The Kier molecular flexibility index (Phi) is 4.60. The Balaban J connectivity index is 2.90. The van der Waals surface area contributed by atoms with Crippen LogP contribution in [0.2, 0.25) is 0 Å². The highest BCUT2D eigenvalue weighted by Gasteiger charge is 2.53. The first-order valence-corrected chi connectivity index (χ1v) is 6.08. The molecular weight excluding hydrogens is 237 g/mol. The van der Waals surface area contributed by atoms with Crippen LogP contribution < -0.4 is 0 Å². The number of hydrogen-bond acceptors (Lipinski definition) is 0. The first kappa shape index (κ1) is 14.8. The van der Waals surface area contributed by atoms with Crippen LogP contribution in [-0.4, -0.2) is 6.18 Å². The van der Waals surface area contributed by atoms with Gasteiger partial charge in [0, 0.05) is 0 Å². The average Bonchev–Trinajstić information content (AvgIpc) is 2.29. The van der Waals surface area contributed by atoms with Gasteiger partial charge in [0.15, 0.2) is 0 Å². The molecule has 0 aliphatic carbocycles. The molecule has 0 amide bonds.